The molecule has 1 spiro atoms. The summed E-state index contributed by atoms with van der Waals surface area (Å²) >= 11 is 0. The number of rotatable bonds is 7. The van der Waals surface area contributed by atoms with Crippen LogP contribution in [0.1, 0.15) is 56.6 Å². The maximum Gasteiger partial charge on any atom is 0.325 e. The number of amides is 4. The van der Waals surface area contributed by atoms with Crippen LogP contribution in [0, 0.1) is 5.92 Å². The summed E-state index contributed by atoms with van der Waals surface area (Å²) in [5.74, 6) is -0.525. The third-order valence-electron chi connectivity index (χ3n) is 8.17. The highest BCUT2D eigenvalue weighted by Gasteiger charge is 2.55. The van der Waals surface area contributed by atoms with Crippen LogP contribution in [0.5, 0.6) is 0 Å². The fourth-order valence-electron chi connectivity index (χ4n) is 5.98. The van der Waals surface area contributed by atoms with Gasteiger partial charge in [-0.05, 0) is 66.9 Å². The maximum atomic E-state index is 13.1. The highest BCUT2D eigenvalue weighted by Crippen LogP contribution is 2.38. The van der Waals surface area contributed by atoms with Crippen molar-refractivity contribution in [2.75, 3.05) is 19.6 Å². The molecule has 3 fully saturated rings. The Morgan fingerprint density at radius 1 is 1.03 bits per heavy atom. The van der Waals surface area contributed by atoms with Gasteiger partial charge in [-0.2, -0.15) is 0 Å². The van der Waals surface area contributed by atoms with Crippen molar-refractivity contribution < 1.29 is 14.4 Å². The van der Waals surface area contributed by atoms with Crippen molar-refractivity contribution in [3.05, 3.63) is 59.7 Å². The Labute approximate surface area is 213 Å². The van der Waals surface area contributed by atoms with Gasteiger partial charge in [0, 0.05) is 13.1 Å². The summed E-state index contributed by atoms with van der Waals surface area (Å²) in [5, 5.41) is 5.83. The Balaban J connectivity index is 1.21. The van der Waals surface area contributed by atoms with Crippen molar-refractivity contribution in [1.29, 1.82) is 0 Å². The van der Waals surface area contributed by atoms with E-state index in [1.54, 1.807) is 0 Å². The van der Waals surface area contributed by atoms with Gasteiger partial charge in [-0.15, -0.1) is 0 Å². The van der Waals surface area contributed by atoms with Gasteiger partial charge in [0.15, 0.2) is 0 Å². The Kier molecular flexibility index (Phi) is 7.10. The summed E-state index contributed by atoms with van der Waals surface area (Å²) in [6.07, 6.45) is 6.09. The molecule has 2 heterocycles. The molecule has 0 aromatic heterocycles. The van der Waals surface area contributed by atoms with Crippen LogP contribution in [0.4, 0.5) is 4.79 Å². The minimum Gasteiger partial charge on any atom is -0.350 e. The monoisotopic (exact) mass is 488 g/mol. The molecule has 7 heteroatoms. The maximum absolute atomic E-state index is 13.1. The van der Waals surface area contributed by atoms with E-state index in [9.17, 15) is 14.4 Å². The minimum atomic E-state index is -0.844. The van der Waals surface area contributed by atoms with Crippen molar-refractivity contribution in [3.63, 3.8) is 0 Å². The minimum absolute atomic E-state index is 0.0735. The normalized spacial score (nSPS) is 24.4. The van der Waals surface area contributed by atoms with Gasteiger partial charge < -0.3 is 10.6 Å². The summed E-state index contributed by atoms with van der Waals surface area (Å²) in [5.41, 5.74) is 3.63. The Hall–Kier alpha value is -3.19. The zero-order valence-electron chi connectivity index (χ0n) is 21.1. The van der Waals surface area contributed by atoms with Crippen LogP contribution in [0.25, 0.3) is 11.1 Å². The second kappa shape index (κ2) is 10.4. The smallest absolute Gasteiger partial charge is 0.325 e. The average molecular weight is 489 g/mol. The molecule has 7 nitrogen and oxygen atoms in total. The van der Waals surface area contributed by atoms with E-state index in [4.69, 9.17) is 0 Å². The van der Waals surface area contributed by atoms with E-state index in [0.29, 0.717) is 13.0 Å². The van der Waals surface area contributed by atoms with Gasteiger partial charge in [0.2, 0.25) is 5.91 Å². The first-order valence-electron chi connectivity index (χ1n) is 13.3. The fourth-order valence-corrected chi connectivity index (χ4v) is 5.98. The molecule has 2 N–H and O–H groups in total. The molecule has 2 unspecified atom stereocenters. The van der Waals surface area contributed by atoms with Gasteiger partial charge in [-0.3, -0.25) is 19.4 Å². The number of urea groups is 1. The lowest BCUT2D eigenvalue weighted by molar-refractivity contribution is -0.137. The van der Waals surface area contributed by atoms with Crippen LogP contribution in [0.15, 0.2) is 48.5 Å². The number of imide groups is 1. The molecule has 2 aliphatic heterocycles. The Morgan fingerprint density at radius 2 is 1.78 bits per heavy atom. The van der Waals surface area contributed by atoms with Crippen molar-refractivity contribution in [2.24, 2.45) is 5.92 Å². The molecule has 0 bridgehead atoms. The number of nitrogens with one attached hydrogen (secondary N) is 2. The van der Waals surface area contributed by atoms with Crippen LogP contribution < -0.4 is 10.6 Å². The molecule has 1 saturated carbocycles. The number of likely N-dealkylation sites (tertiary alicyclic amines) is 1. The van der Waals surface area contributed by atoms with Crippen LogP contribution in [0.3, 0.4) is 0 Å². The molecule has 5 rings (SSSR count). The lowest BCUT2D eigenvalue weighted by Gasteiger charge is -2.36. The van der Waals surface area contributed by atoms with Gasteiger partial charge in [-0.1, -0.05) is 68.3 Å². The van der Waals surface area contributed by atoms with Gasteiger partial charge in [0.25, 0.3) is 5.91 Å². The van der Waals surface area contributed by atoms with Gasteiger partial charge >= 0.3 is 6.03 Å². The van der Waals surface area contributed by atoms with Gasteiger partial charge in [0.05, 0.1) is 0 Å². The molecule has 2 saturated heterocycles. The number of benzene rings is 2. The number of nitrogens with zero attached hydrogens (tertiary/aromatic N) is 2. The van der Waals surface area contributed by atoms with Gasteiger partial charge in [0.1, 0.15) is 12.1 Å². The topological polar surface area (TPSA) is 81.8 Å². The molecule has 190 valence electrons. The molecular weight excluding hydrogens is 452 g/mol. The molecule has 2 aromatic rings. The molecule has 0 radical (unpaired) electrons. The highest BCUT2D eigenvalue weighted by atomic mass is 16.2. The summed E-state index contributed by atoms with van der Waals surface area (Å²) in [7, 11) is 0. The van der Waals surface area contributed by atoms with Crippen molar-refractivity contribution in [2.45, 2.75) is 64.1 Å². The van der Waals surface area contributed by atoms with E-state index in [0.717, 1.165) is 47.4 Å². The third-order valence-corrected chi connectivity index (χ3v) is 8.17. The van der Waals surface area contributed by atoms with Crippen LogP contribution in [-0.4, -0.2) is 52.8 Å². The lowest BCUT2D eigenvalue weighted by atomic mass is 9.73. The van der Waals surface area contributed by atoms with E-state index in [1.807, 2.05) is 25.1 Å². The summed E-state index contributed by atoms with van der Waals surface area (Å²) in [6.45, 7) is 5.42. The Bertz CT molecular complexity index is 1130. The van der Waals surface area contributed by atoms with Gasteiger partial charge in [-0.25, -0.2) is 4.79 Å². The molecule has 3 aliphatic rings. The lowest BCUT2D eigenvalue weighted by Crippen LogP contribution is -2.54. The quantitative estimate of drug-likeness (QED) is 0.576. The number of carbonyl (C=O) groups is 3. The van der Waals surface area contributed by atoms with Crippen molar-refractivity contribution in [1.82, 2.24) is 20.4 Å². The molecule has 1 aliphatic carbocycles. The van der Waals surface area contributed by atoms with Crippen LogP contribution >= 0.6 is 0 Å². The summed E-state index contributed by atoms with van der Waals surface area (Å²) < 4.78 is 0. The van der Waals surface area contributed by atoms with Crippen molar-refractivity contribution >= 4 is 17.8 Å². The zero-order chi connectivity index (χ0) is 25.1. The first kappa shape index (κ1) is 24.5. The predicted octanol–water partition coefficient (Wildman–Crippen LogP) is 4.07. The molecule has 2 aromatic carbocycles. The van der Waals surface area contributed by atoms with E-state index in [2.05, 4.69) is 45.9 Å². The van der Waals surface area contributed by atoms with Crippen LogP contribution in [0.2, 0.25) is 0 Å². The molecule has 4 amide bonds. The van der Waals surface area contributed by atoms with Crippen molar-refractivity contribution in [3.8, 4) is 11.1 Å². The second-order valence-corrected chi connectivity index (χ2v) is 10.6. The van der Waals surface area contributed by atoms with E-state index < -0.39 is 11.6 Å². The largest absolute Gasteiger partial charge is 0.350 e. The molecular formula is C29H36N4O3. The SMILES string of the molecule is CC1CCCCC12NC(=O)N(CC(=O)NCc1ccccc1-c1ccc(CN3CCCC3)cc1)C2=O. The number of carbonyl (C=O) groups excluding carboxylic acids is 3. The number of hydrogen-bond acceptors (Lipinski definition) is 4. The zero-order valence-corrected chi connectivity index (χ0v) is 21.1. The van der Waals surface area contributed by atoms with Crippen LogP contribution in [-0.2, 0) is 22.7 Å². The van der Waals surface area contributed by atoms with E-state index in [1.165, 1.54) is 31.5 Å². The highest BCUT2D eigenvalue weighted by molar-refractivity contribution is 6.09. The van der Waals surface area contributed by atoms with E-state index >= 15 is 0 Å². The first-order chi connectivity index (χ1) is 17.5. The summed E-state index contributed by atoms with van der Waals surface area (Å²) in [6, 6.07) is 16.2. The standard InChI is InChI=1S/C29H36N4O3/c1-21-8-4-5-15-29(21)27(35)33(28(36)31-29)20-26(34)30-18-24-9-2-3-10-25(24)23-13-11-22(12-14-23)19-32-16-6-7-17-32/h2-3,9-14,21H,4-8,15-20H2,1H3,(H,30,34)(H,31,36). The second-order valence-electron chi connectivity index (χ2n) is 10.6. The first-order valence-corrected chi connectivity index (χ1v) is 13.3. The third kappa shape index (κ3) is 4.89. The van der Waals surface area contributed by atoms with E-state index in [-0.39, 0.29) is 24.3 Å². The number of hydrogen-bond donors (Lipinski definition) is 2. The average Bonchev–Trinajstić information content (AvgIpc) is 3.48. The summed E-state index contributed by atoms with van der Waals surface area (Å²) in [4.78, 5) is 42.1. The molecule has 36 heavy (non-hydrogen) atoms. The Morgan fingerprint density at radius 3 is 2.53 bits per heavy atom. The molecule has 2 atom stereocenters. The predicted molar refractivity (Wildman–Crippen MR) is 139 cm³/mol. The fraction of sp³-hybridized carbons (Fsp3) is 0.483.